The lowest BCUT2D eigenvalue weighted by atomic mass is 9.90. The molecule has 2 atom stereocenters. The van der Waals surface area contributed by atoms with Crippen LogP contribution in [0, 0.1) is 11.2 Å². The molecule has 3 rings (SSSR count). The summed E-state index contributed by atoms with van der Waals surface area (Å²) in [5, 5.41) is 12.3. The summed E-state index contributed by atoms with van der Waals surface area (Å²) in [6.07, 6.45) is 0.402. The number of hydrogen-bond donors (Lipinski definition) is 2. The number of carbonyl (C=O) groups is 2. The minimum Gasteiger partial charge on any atom is -0.497 e. The van der Waals surface area contributed by atoms with E-state index in [2.05, 4.69) is 5.32 Å². The molecule has 1 aliphatic rings. The number of rotatable bonds is 5. The van der Waals surface area contributed by atoms with E-state index in [4.69, 9.17) is 4.74 Å². The number of carbonyl (C=O) groups excluding carboxylic acids is 1. The molecule has 2 amide bonds. The number of amides is 2. The fourth-order valence-electron chi connectivity index (χ4n) is 3.33. The highest BCUT2D eigenvalue weighted by Crippen LogP contribution is 2.31. The molecule has 7 heteroatoms. The third-order valence-corrected chi connectivity index (χ3v) is 5.20. The maximum atomic E-state index is 13.4. The van der Waals surface area contributed by atoms with Crippen LogP contribution in [-0.2, 0) is 4.79 Å². The molecule has 148 valence electrons. The molecule has 1 aliphatic heterocycles. The first-order chi connectivity index (χ1) is 13.3. The molecule has 1 fully saturated rings. The summed E-state index contributed by atoms with van der Waals surface area (Å²) >= 11 is 0. The van der Waals surface area contributed by atoms with E-state index < -0.39 is 17.4 Å². The van der Waals surface area contributed by atoms with Gasteiger partial charge in [0, 0.05) is 13.1 Å². The van der Waals surface area contributed by atoms with E-state index in [1.165, 1.54) is 17.0 Å². The van der Waals surface area contributed by atoms with E-state index in [0.717, 1.165) is 11.1 Å². The number of benzene rings is 2. The van der Waals surface area contributed by atoms with Gasteiger partial charge in [-0.2, -0.15) is 0 Å². The second-order valence-corrected chi connectivity index (χ2v) is 7.24. The zero-order valence-electron chi connectivity index (χ0n) is 15.8. The van der Waals surface area contributed by atoms with Crippen molar-refractivity contribution in [2.75, 3.05) is 20.2 Å². The zero-order chi connectivity index (χ0) is 20.3. The van der Waals surface area contributed by atoms with Crippen LogP contribution < -0.4 is 10.1 Å². The van der Waals surface area contributed by atoms with Gasteiger partial charge in [0.05, 0.1) is 18.6 Å². The molecule has 28 heavy (non-hydrogen) atoms. The molecule has 0 bridgehead atoms. The smallest absolute Gasteiger partial charge is 0.318 e. The quantitative estimate of drug-likeness (QED) is 0.825. The number of ether oxygens (including phenoxy) is 1. The number of nitrogens with one attached hydrogen (secondary N) is 1. The number of hydrogen-bond acceptors (Lipinski definition) is 3. The van der Waals surface area contributed by atoms with Crippen molar-refractivity contribution >= 4 is 12.0 Å². The normalized spacial score (nSPS) is 19.9. The second kappa shape index (κ2) is 7.88. The summed E-state index contributed by atoms with van der Waals surface area (Å²) in [7, 11) is 1.57. The van der Waals surface area contributed by atoms with Crippen LogP contribution in [0.2, 0.25) is 0 Å². The highest BCUT2D eigenvalue weighted by Gasteiger charge is 2.42. The molecule has 0 saturated carbocycles. The first kappa shape index (κ1) is 19.7. The van der Waals surface area contributed by atoms with Crippen molar-refractivity contribution in [3.8, 4) is 5.75 Å². The molecular formula is C21H23FN2O4. The number of aliphatic carboxylic acids is 1. The van der Waals surface area contributed by atoms with Gasteiger partial charge in [-0.05, 0) is 48.7 Å². The predicted molar refractivity (Wildman–Crippen MR) is 102 cm³/mol. The Morgan fingerprint density at radius 1 is 1.14 bits per heavy atom. The number of nitrogens with zero attached hydrogens (tertiary/aromatic N) is 1. The van der Waals surface area contributed by atoms with E-state index in [1.54, 1.807) is 38.3 Å². The van der Waals surface area contributed by atoms with Crippen LogP contribution in [0.25, 0.3) is 0 Å². The van der Waals surface area contributed by atoms with Crippen molar-refractivity contribution in [2.45, 2.75) is 19.4 Å². The molecule has 2 N–H and O–H groups in total. The number of urea groups is 1. The standard InChI is InChI=1S/C21H23FN2O4/c1-21(19(25)26)11-12-24(13-21)20(27)23-18(14-3-7-16(22)8-4-14)15-5-9-17(28-2)10-6-15/h3-10,18H,11-13H2,1-2H3,(H,23,27)(H,25,26). The Balaban J connectivity index is 1.84. The number of likely N-dealkylation sites (tertiary alicyclic amines) is 1. The lowest BCUT2D eigenvalue weighted by Crippen LogP contribution is -2.42. The second-order valence-electron chi connectivity index (χ2n) is 7.24. The zero-order valence-corrected chi connectivity index (χ0v) is 15.8. The van der Waals surface area contributed by atoms with Crippen LogP contribution in [0.1, 0.15) is 30.5 Å². The van der Waals surface area contributed by atoms with Crippen LogP contribution in [0.3, 0.4) is 0 Å². The first-order valence-electron chi connectivity index (χ1n) is 9.01. The summed E-state index contributed by atoms with van der Waals surface area (Å²) < 4.78 is 18.5. The average molecular weight is 386 g/mol. The molecule has 1 heterocycles. The lowest BCUT2D eigenvalue weighted by molar-refractivity contribution is -0.147. The molecule has 1 saturated heterocycles. The molecule has 2 unspecified atom stereocenters. The fourth-order valence-corrected chi connectivity index (χ4v) is 3.33. The highest BCUT2D eigenvalue weighted by atomic mass is 19.1. The van der Waals surface area contributed by atoms with Gasteiger partial charge in [0.1, 0.15) is 11.6 Å². The fraction of sp³-hybridized carbons (Fsp3) is 0.333. The van der Waals surface area contributed by atoms with Crippen molar-refractivity contribution in [3.05, 3.63) is 65.5 Å². The Labute approximate surface area is 162 Å². The van der Waals surface area contributed by atoms with Crippen LogP contribution in [0.15, 0.2) is 48.5 Å². The van der Waals surface area contributed by atoms with Gasteiger partial charge >= 0.3 is 12.0 Å². The van der Waals surface area contributed by atoms with Crippen molar-refractivity contribution in [1.82, 2.24) is 10.2 Å². The van der Waals surface area contributed by atoms with Gasteiger partial charge in [0.25, 0.3) is 0 Å². The molecule has 0 radical (unpaired) electrons. The van der Waals surface area contributed by atoms with Gasteiger partial charge in [-0.25, -0.2) is 9.18 Å². The highest BCUT2D eigenvalue weighted by molar-refractivity contribution is 5.80. The first-order valence-corrected chi connectivity index (χ1v) is 9.01. The summed E-state index contributed by atoms with van der Waals surface area (Å²) in [4.78, 5) is 25.8. The van der Waals surface area contributed by atoms with Gasteiger partial charge in [-0.3, -0.25) is 4.79 Å². The van der Waals surface area contributed by atoms with E-state index in [0.29, 0.717) is 18.7 Å². The van der Waals surface area contributed by atoms with Crippen molar-refractivity contribution in [1.29, 1.82) is 0 Å². The van der Waals surface area contributed by atoms with E-state index in [-0.39, 0.29) is 18.4 Å². The monoisotopic (exact) mass is 386 g/mol. The third-order valence-electron chi connectivity index (χ3n) is 5.20. The summed E-state index contributed by atoms with van der Waals surface area (Å²) in [6, 6.07) is 12.3. The summed E-state index contributed by atoms with van der Waals surface area (Å²) in [5.74, 6) is -0.585. The number of carboxylic acids is 1. The van der Waals surface area contributed by atoms with Crippen molar-refractivity contribution in [2.24, 2.45) is 5.41 Å². The molecule has 0 aromatic heterocycles. The van der Waals surface area contributed by atoms with Crippen molar-refractivity contribution < 1.29 is 23.8 Å². The van der Waals surface area contributed by atoms with Crippen molar-refractivity contribution in [3.63, 3.8) is 0 Å². The van der Waals surface area contributed by atoms with Crippen LogP contribution in [-0.4, -0.2) is 42.2 Å². The molecule has 2 aromatic carbocycles. The maximum Gasteiger partial charge on any atom is 0.318 e. The maximum absolute atomic E-state index is 13.4. The van der Waals surface area contributed by atoms with Gasteiger partial charge in [0.2, 0.25) is 0 Å². The molecule has 0 spiro atoms. The van der Waals surface area contributed by atoms with Crippen LogP contribution in [0.5, 0.6) is 5.75 Å². The van der Waals surface area contributed by atoms with Gasteiger partial charge in [0.15, 0.2) is 0 Å². The Bertz CT molecular complexity index is 854. The molecular weight excluding hydrogens is 363 g/mol. The Kier molecular flexibility index (Phi) is 5.53. The Morgan fingerprint density at radius 2 is 1.71 bits per heavy atom. The van der Waals surface area contributed by atoms with Gasteiger partial charge in [-0.15, -0.1) is 0 Å². The topological polar surface area (TPSA) is 78.9 Å². The average Bonchev–Trinajstić information content (AvgIpc) is 3.11. The van der Waals surface area contributed by atoms with E-state index >= 15 is 0 Å². The van der Waals surface area contributed by atoms with E-state index in [1.807, 2.05) is 12.1 Å². The van der Waals surface area contributed by atoms with Gasteiger partial charge in [-0.1, -0.05) is 24.3 Å². The summed E-state index contributed by atoms with van der Waals surface area (Å²) in [5.41, 5.74) is 0.587. The Hall–Kier alpha value is -3.09. The Morgan fingerprint density at radius 3 is 2.21 bits per heavy atom. The van der Waals surface area contributed by atoms with Crippen LogP contribution in [0.4, 0.5) is 9.18 Å². The number of carboxylic acid groups (broad SMARTS) is 1. The largest absolute Gasteiger partial charge is 0.497 e. The third kappa shape index (κ3) is 4.08. The SMILES string of the molecule is COc1ccc(C(NC(=O)N2CCC(C)(C(=O)O)C2)c2ccc(F)cc2)cc1. The van der Waals surface area contributed by atoms with Crippen LogP contribution >= 0.6 is 0 Å². The molecule has 6 nitrogen and oxygen atoms in total. The van der Waals surface area contributed by atoms with Gasteiger partial charge < -0.3 is 20.1 Å². The molecule has 0 aliphatic carbocycles. The molecule has 2 aromatic rings. The number of halogens is 1. The minimum absolute atomic E-state index is 0.146. The minimum atomic E-state index is -0.942. The predicted octanol–water partition coefficient (Wildman–Crippen LogP) is 3.43. The van der Waals surface area contributed by atoms with E-state index in [9.17, 15) is 19.1 Å². The lowest BCUT2D eigenvalue weighted by Gasteiger charge is -2.25. The summed E-state index contributed by atoms with van der Waals surface area (Å²) in [6.45, 7) is 2.16. The number of methoxy groups -OCH3 is 1.